The highest BCUT2D eigenvalue weighted by molar-refractivity contribution is 5.42. The van der Waals surface area contributed by atoms with Crippen LogP contribution in [0.3, 0.4) is 0 Å². The quantitative estimate of drug-likeness (QED) is 0.660. The number of rotatable bonds is 4. The Bertz CT molecular complexity index is 651. The van der Waals surface area contributed by atoms with Gasteiger partial charge in [0.1, 0.15) is 11.8 Å². The summed E-state index contributed by atoms with van der Waals surface area (Å²) in [6.07, 6.45) is 1.45. The molecule has 1 N–H and O–H groups in total. The van der Waals surface area contributed by atoms with Gasteiger partial charge in [-0.05, 0) is 6.07 Å². The first-order valence-corrected chi connectivity index (χ1v) is 5.40. The van der Waals surface area contributed by atoms with E-state index in [1.165, 1.54) is 18.3 Å². The second-order valence-corrected chi connectivity index (χ2v) is 3.62. The molecule has 0 fully saturated rings. The predicted molar refractivity (Wildman–Crippen MR) is 67.2 cm³/mol. The van der Waals surface area contributed by atoms with Crippen molar-refractivity contribution in [3.05, 3.63) is 57.9 Å². The third-order valence-corrected chi connectivity index (χ3v) is 2.40. The van der Waals surface area contributed by atoms with Gasteiger partial charge >= 0.3 is 0 Å². The minimum Gasteiger partial charge on any atom is -0.350 e. The number of nitriles is 1. The Morgan fingerprint density at radius 2 is 2.16 bits per heavy atom. The first kappa shape index (κ1) is 12.4. The zero-order valence-corrected chi connectivity index (χ0v) is 9.78. The molecule has 7 nitrogen and oxygen atoms in total. The lowest BCUT2D eigenvalue weighted by Crippen LogP contribution is -2.06. The first-order chi connectivity index (χ1) is 9.20. The van der Waals surface area contributed by atoms with E-state index in [1.807, 2.05) is 6.07 Å². The minimum atomic E-state index is -0.441. The van der Waals surface area contributed by atoms with Crippen LogP contribution in [0.2, 0.25) is 0 Å². The fourth-order valence-corrected chi connectivity index (χ4v) is 1.52. The van der Waals surface area contributed by atoms with Crippen molar-refractivity contribution in [2.24, 2.45) is 0 Å². The van der Waals surface area contributed by atoms with E-state index in [1.54, 1.807) is 18.2 Å². The van der Waals surface area contributed by atoms with Crippen LogP contribution in [-0.2, 0) is 6.54 Å². The molecule has 1 aromatic carbocycles. The molecular weight excluding hydrogens is 246 g/mol. The van der Waals surface area contributed by atoms with Crippen molar-refractivity contribution in [1.82, 2.24) is 9.97 Å². The molecule has 0 amide bonds. The van der Waals surface area contributed by atoms with Crippen LogP contribution in [0.15, 0.2) is 36.5 Å². The van der Waals surface area contributed by atoms with Gasteiger partial charge in [0.05, 0.1) is 4.92 Å². The molecule has 19 heavy (non-hydrogen) atoms. The molecule has 0 spiro atoms. The van der Waals surface area contributed by atoms with Gasteiger partial charge in [-0.1, -0.05) is 18.2 Å². The van der Waals surface area contributed by atoms with Gasteiger partial charge in [-0.25, -0.2) is 9.97 Å². The van der Waals surface area contributed by atoms with Gasteiger partial charge in [-0.15, -0.1) is 0 Å². The Labute approximate surface area is 108 Å². The van der Waals surface area contributed by atoms with Crippen molar-refractivity contribution in [2.75, 3.05) is 5.32 Å². The molecule has 0 radical (unpaired) electrons. The van der Waals surface area contributed by atoms with Gasteiger partial charge in [0, 0.05) is 24.4 Å². The minimum absolute atomic E-state index is 0.0337. The lowest BCUT2D eigenvalue weighted by Gasteiger charge is -2.05. The molecule has 1 heterocycles. The molecule has 0 aliphatic carbocycles. The van der Waals surface area contributed by atoms with E-state index < -0.39 is 4.92 Å². The van der Waals surface area contributed by atoms with Crippen molar-refractivity contribution in [3.8, 4) is 6.07 Å². The molecule has 0 saturated heterocycles. The Kier molecular flexibility index (Phi) is 3.64. The number of para-hydroxylation sites is 1. The molecule has 0 unspecified atom stereocenters. The van der Waals surface area contributed by atoms with Gasteiger partial charge in [0.2, 0.25) is 5.95 Å². The summed E-state index contributed by atoms with van der Waals surface area (Å²) in [5.74, 6) is 0.261. The van der Waals surface area contributed by atoms with E-state index in [0.717, 1.165) is 0 Å². The molecule has 0 saturated carbocycles. The zero-order valence-electron chi connectivity index (χ0n) is 9.78. The maximum Gasteiger partial charge on any atom is 0.274 e. The van der Waals surface area contributed by atoms with Crippen LogP contribution in [0.4, 0.5) is 11.6 Å². The molecule has 7 heteroatoms. The largest absolute Gasteiger partial charge is 0.350 e. The standard InChI is InChI=1S/C12H9N5O2/c13-7-10-5-6-14-12(16-10)15-8-9-3-1-2-4-11(9)17(18)19/h1-6H,8H2,(H,14,15,16). The average molecular weight is 255 g/mol. The van der Waals surface area contributed by atoms with Gasteiger partial charge in [0.25, 0.3) is 5.69 Å². The highest BCUT2D eigenvalue weighted by Crippen LogP contribution is 2.18. The van der Waals surface area contributed by atoms with Crippen LogP contribution >= 0.6 is 0 Å². The van der Waals surface area contributed by atoms with E-state index >= 15 is 0 Å². The van der Waals surface area contributed by atoms with Crippen molar-refractivity contribution in [2.45, 2.75) is 6.54 Å². The molecule has 1 aromatic heterocycles. The fourth-order valence-electron chi connectivity index (χ4n) is 1.52. The van der Waals surface area contributed by atoms with Gasteiger partial charge in [-0.3, -0.25) is 10.1 Å². The number of nitrogens with one attached hydrogen (secondary N) is 1. The monoisotopic (exact) mass is 255 g/mol. The fraction of sp³-hybridized carbons (Fsp3) is 0.0833. The second kappa shape index (κ2) is 5.55. The number of benzene rings is 1. The van der Waals surface area contributed by atoms with Crippen molar-refractivity contribution in [3.63, 3.8) is 0 Å². The molecular formula is C12H9N5O2. The molecule has 0 aliphatic heterocycles. The van der Waals surface area contributed by atoms with Crippen LogP contribution in [0.5, 0.6) is 0 Å². The molecule has 2 aromatic rings. The van der Waals surface area contributed by atoms with Crippen LogP contribution in [0, 0.1) is 21.4 Å². The number of aromatic nitrogens is 2. The summed E-state index contributed by atoms with van der Waals surface area (Å²) in [6.45, 7) is 0.214. The maximum absolute atomic E-state index is 10.8. The summed E-state index contributed by atoms with van der Waals surface area (Å²) >= 11 is 0. The topological polar surface area (TPSA) is 105 Å². The van der Waals surface area contributed by atoms with Gasteiger partial charge in [0.15, 0.2) is 0 Å². The molecule has 0 bridgehead atoms. The van der Waals surface area contributed by atoms with Crippen molar-refractivity contribution in [1.29, 1.82) is 5.26 Å². The predicted octanol–water partition coefficient (Wildman–Crippen LogP) is 1.87. The Morgan fingerprint density at radius 3 is 2.89 bits per heavy atom. The number of nitro groups is 1. The number of nitro benzene ring substituents is 1. The molecule has 94 valence electrons. The van der Waals surface area contributed by atoms with Crippen LogP contribution in [-0.4, -0.2) is 14.9 Å². The number of anilines is 1. The molecule has 2 rings (SSSR count). The SMILES string of the molecule is N#Cc1ccnc(NCc2ccccc2[N+](=O)[O-])n1. The zero-order chi connectivity index (χ0) is 13.7. The summed E-state index contributed by atoms with van der Waals surface area (Å²) in [5, 5.41) is 22.4. The average Bonchev–Trinajstić information content (AvgIpc) is 2.45. The third-order valence-electron chi connectivity index (χ3n) is 2.40. The first-order valence-electron chi connectivity index (χ1n) is 5.40. The Hall–Kier alpha value is -3.01. The maximum atomic E-state index is 10.8. The summed E-state index contributed by atoms with van der Waals surface area (Å²) in [7, 11) is 0. The Balaban J connectivity index is 2.15. The third kappa shape index (κ3) is 3.01. The molecule has 0 atom stereocenters. The van der Waals surface area contributed by atoms with Crippen LogP contribution in [0.1, 0.15) is 11.3 Å². The van der Waals surface area contributed by atoms with E-state index in [2.05, 4.69) is 15.3 Å². The van der Waals surface area contributed by atoms with E-state index in [0.29, 0.717) is 5.56 Å². The van der Waals surface area contributed by atoms with Gasteiger partial charge in [-0.2, -0.15) is 5.26 Å². The number of hydrogen-bond acceptors (Lipinski definition) is 6. The smallest absolute Gasteiger partial charge is 0.274 e. The van der Waals surface area contributed by atoms with E-state index in [4.69, 9.17) is 5.26 Å². The van der Waals surface area contributed by atoms with E-state index in [-0.39, 0.29) is 23.9 Å². The lowest BCUT2D eigenvalue weighted by molar-refractivity contribution is -0.385. The second-order valence-electron chi connectivity index (χ2n) is 3.62. The van der Waals surface area contributed by atoms with Crippen molar-refractivity contribution < 1.29 is 4.92 Å². The number of nitrogens with zero attached hydrogens (tertiary/aromatic N) is 4. The Morgan fingerprint density at radius 1 is 1.37 bits per heavy atom. The van der Waals surface area contributed by atoms with Crippen molar-refractivity contribution >= 4 is 11.6 Å². The molecule has 0 aliphatic rings. The number of hydrogen-bond donors (Lipinski definition) is 1. The summed E-state index contributed by atoms with van der Waals surface area (Å²) in [5.41, 5.74) is 0.796. The summed E-state index contributed by atoms with van der Waals surface area (Å²) < 4.78 is 0. The lowest BCUT2D eigenvalue weighted by atomic mass is 10.2. The highest BCUT2D eigenvalue weighted by atomic mass is 16.6. The van der Waals surface area contributed by atoms with Crippen LogP contribution in [0.25, 0.3) is 0 Å². The van der Waals surface area contributed by atoms with Crippen LogP contribution < -0.4 is 5.32 Å². The highest BCUT2D eigenvalue weighted by Gasteiger charge is 2.12. The van der Waals surface area contributed by atoms with E-state index in [9.17, 15) is 10.1 Å². The van der Waals surface area contributed by atoms with Gasteiger partial charge < -0.3 is 5.32 Å². The summed E-state index contributed by atoms with van der Waals surface area (Å²) in [6, 6.07) is 9.79. The normalized spacial score (nSPS) is 9.63. The summed E-state index contributed by atoms with van der Waals surface area (Å²) in [4.78, 5) is 18.3.